The van der Waals surface area contributed by atoms with Gasteiger partial charge in [-0.25, -0.2) is 18.7 Å². The molecule has 0 saturated heterocycles. The van der Waals surface area contributed by atoms with E-state index < -0.39 is 38.7 Å². The van der Waals surface area contributed by atoms with E-state index in [1.807, 2.05) is 0 Å². The van der Waals surface area contributed by atoms with Crippen molar-refractivity contribution in [3.8, 4) is 11.3 Å². The Balaban J connectivity index is 2.84. The average molecular weight is 286 g/mol. The van der Waals surface area contributed by atoms with E-state index in [0.29, 0.717) is 0 Å². The first-order valence-corrected chi connectivity index (χ1v) is 5.41. The lowest BCUT2D eigenvalue weighted by Gasteiger charge is -2.07. The van der Waals surface area contributed by atoms with Gasteiger partial charge < -0.3 is 0 Å². The number of rotatable bonds is 2. The standard InChI is InChI=1S/C11H6ClF2N3O2/c1-5-2-3-6(13)7(8(5)14)9-10(17(18)19)11(12)16-4-15-9/h2-4H,1H3. The lowest BCUT2D eigenvalue weighted by molar-refractivity contribution is -0.384. The van der Waals surface area contributed by atoms with Crippen LogP contribution in [0.2, 0.25) is 5.15 Å². The van der Waals surface area contributed by atoms with Crippen LogP contribution in [-0.4, -0.2) is 14.9 Å². The second-order valence-electron chi connectivity index (χ2n) is 3.67. The molecule has 5 nitrogen and oxygen atoms in total. The van der Waals surface area contributed by atoms with E-state index in [2.05, 4.69) is 9.97 Å². The maximum Gasteiger partial charge on any atom is 0.332 e. The highest BCUT2D eigenvalue weighted by atomic mass is 35.5. The summed E-state index contributed by atoms with van der Waals surface area (Å²) < 4.78 is 27.7. The minimum atomic E-state index is -0.957. The number of benzene rings is 1. The first-order valence-electron chi connectivity index (χ1n) is 5.03. The Morgan fingerprint density at radius 2 is 2.00 bits per heavy atom. The second-order valence-corrected chi connectivity index (χ2v) is 4.03. The molecule has 0 radical (unpaired) electrons. The quantitative estimate of drug-likeness (QED) is 0.482. The molecule has 98 valence electrons. The van der Waals surface area contributed by atoms with Gasteiger partial charge in [-0.05, 0) is 18.6 Å². The van der Waals surface area contributed by atoms with Crippen molar-refractivity contribution in [3.05, 3.63) is 50.9 Å². The molecule has 1 aromatic carbocycles. The molecular formula is C11H6ClF2N3O2. The Morgan fingerprint density at radius 3 is 2.63 bits per heavy atom. The van der Waals surface area contributed by atoms with E-state index in [4.69, 9.17) is 11.6 Å². The molecule has 0 spiro atoms. The zero-order chi connectivity index (χ0) is 14.2. The minimum Gasteiger partial charge on any atom is -0.258 e. The molecule has 0 unspecified atom stereocenters. The molecule has 0 aliphatic carbocycles. The van der Waals surface area contributed by atoms with Crippen LogP contribution < -0.4 is 0 Å². The second kappa shape index (κ2) is 4.85. The maximum atomic E-state index is 14.0. The lowest BCUT2D eigenvalue weighted by Crippen LogP contribution is -2.02. The molecule has 0 aliphatic heterocycles. The van der Waals surface area contributed by atoms with Gasteiger partial charge >= 0.3 is 5.69 Å². The van der Waals surface area contributed by atoms with Crippen LogP contribution in [0.5, 0.6) is 0 Å². The van der Waals surface area contributed by atoms with Crippen LogP contribution in [0, 0.1) is 28.7 Å². The fraction of sp³-hybridized carbons (Fsp3) is 0.0909. The summed E-state index contributed by atoms with van der Waals surface area (Å²) in [5.74, 6) is -1.88. The molecule has 0 amide bonds. The maximum absolute atomic E-state index is 14.0. The molecule has 0 saturated carbocycles. The fourth-order valence-electron chi connectivity index (χ4n) is 1.58. The summed E-state index contributed by atoms with van der Waals surface area (Å²) in [5.41, 5.74) is -1.66. The van der Waals surface area contributed by atoms with Crippen molar-refractivity contribution in [2.24, 2.45) is 0 Å². The summed E-state index contributed by atoms with van der Waals surface area (Å²) in [6.45, 7) is 1.41. The van der Waals surface area contributed by atoms with Crippen LogP contribution in [0.3, 0.4) is 0 Å². The Hall–Kier alpha value is -2.15. The van der Waals surface area contributed by atoms with Crippen LogP contribution >= 0.6 is 11.6 Å². The van der Waals surface area contributed by atoms with E-state index in [0.717, 1.165) is 12.4 Å². The third kappa shape index (κ3) is 2.24. The third-order valence-electron chi connectivity index (χ3n) is 2.48. The third-order valence-corrected chi connectivity index (χ3v) is 2.76. The van der Waals surface area contributed by atoms with E-state index in [1.54, 1.807) is 0 Å². The Labute approximate surface area is 111 Å². The van der Waals surface area contributed by atoms with Gasteiger partial charge in [-0.1, -0.05) is 17.7 Å². The van der Waals surface area contributed by atoms with Gasteiger partial charge in [-0.3, -0.25) is 10.1 Å². The fourth-order valence-corrected chi connectivity index (χ4v) is 1.78. The van der Waals surface area contributed by atoms with Crippen LogP contribution in [0.25, 0.3) is 11.3 Å². The van der Waals surface area contributed by atoms with Gasteiger partial charge in [0.15, 0.2) is 5.69 Å². The van der Waals surface area contributed by atoms with Crippen molar-refractivity contribution in [1.29, 1.82) is 0 Å². The van der Waals surface area contributed by atoms with Gasteiger partial charge in [0.25, 0.3) is 0 Å². The highest BCUT2D eigenvalue weighted by Gasteiger charge is 2.27. The van der Waals surface area contributed by atoms with Crippen molar-refractivity contribution in [3.63, 3.8) is 0 Å². The van der Waals surface area contributed by atoms with Gasteiger partial charge in [0.1, 0.15) is 18.0 Å². The molecule has 1 aromatic heterocycles. The van der Waals surface area contributed by atoms with Gasteiger partial charge in [-0.2, -0.15) is 0 Å². The molecule has 2 rings (SSSR count). The van der Waals surface area contributed by atoms with Crippen LogP contribution in [0.4, 0.5) is 14.5 Å². The van der Waals surface area contributed by atoms with Gasteiger partial charge in [-0.15, -0.1) is 0 Å². The molecule has 0 aliphatic rings. The molecule has 2 aromatic rings. The smallest absolute Gasteiger partial charge is 0.258 e. The van der Waals surface area contributed by atoms with Crippen molar-refractivity contribution >= 4 is 17.3 Å². The summed E-state index contributed by atoms with van der Waals surface area (Å²) in [6.07, 6.45) is 0.909. The zero-order valence-corrected chi connectivity index (χ0v) is 10.3. The van der Waals surface area contributed by atoms with Crippen molar-refractivity contribution < 1.29 is 13.7 Å². The monoisotopic (exact) mass is 285 g/mol. The van der Waals surface area contributed by atoms with E-state index >= 15 is 0 Å². The average Bonchev–Trinajstić information content (AvgIpc) is 2.34. The first kappa shape index (κ1) is 13.3. The van der Waals surface area contributed by atoms with E-state index in [1.165, 1.54) is 13.0 Å². The summed E-state index contributed by atoms with van der Waals surface area (Å²) in [4.78, 5) is 17.1. The molecule has 19 heavy (non-hydrogen) atoms. The largest absolute Gasteiger partial charge is 0.332 e. The van der Waals surface area contributed by atoms with Crippen molar-refractivity contribution in [1.82, 2.24) is 9.97 Å². The summed E-state index contributed by atoms with van der Waals surface area (Å²) in [6, 6.07) is 2.23. The first-order chi connectivity index (χ1) is 8.93. The number of hydrogen-bond donors (Lipinski definition) is 0. The van der Waals surface area contributed by atoms with Crippen LogP contribution in [0.15, 0.2) is 18.5 Å². The Bertz CT molecular complexity index is 679. The number of halogens is 3. The number of hydrogen-bond acceptors (Lipinski definition) is 4. The highest BCUT2D eigenvalue weighted by molar-refractivity contribution is 6.31. The molecular weight excluding hydrogens is 280 g/mol. The predicted octanol–water partition coefficient (Wildman–Crippen LogP) is 3.29. The van der Waals surface area contributed by atoms with Gasteiger partial charge in [0, 0.05) is 0 Å². The Morgan fingerprint density at radius 1 is 1.32 bits per heavy atom. The Kier molecular flexibility index (Phi) is 3.39. The van der Waals surface area contributed by atoms with Gasteiger partial charge in [0.2, 0.25) is 5.15 Å². The summed E-state index contributed by atoms with van der Waals surface area (Å²) in [7, 11) is 0. The molecule has 0 N–H and O–H groups in total. The van der Waals surface area contributed by atoms with Crippen molar-refractivity contribution in [2.75, 3.05) is 0 Å². The number of aryl methyl sites for hydroxylation is 1. The predicted molar refractivity (Wildman–Crippen MR) is 63.8 cm³/mol. The van der Waals surface area contributed by atoms with E-state index in [-0.39, 0.29) is 5.56 Å². The normalized spacial score (nSPS) is 10.5. The number of aromatic nitrogens is 2. The summed E-state index contributed by atoms with van der Waals surface area (Å²) in [5, 5.41) is 10.4. The molecule has 0 bridgehead atoms. The lowest BCUT2D eigenvalue weighted by atomic mass is 10.1. The highest BCUT2D eigenvalue weighted by Crippen LogP contribution is 2.35. The summed E-state index contributed by atoms with van der Waals surface area (Å²) >= 11 is 5.58. The molecule has 1 heterocycles. The SMILES string of the molecule is Cc1ccc(F)c(-c2ncnc(Cl)c2[N+](=O)[O-])c1F. The zero-order valence-electron chi connectivity index (χ0n) is 9.52. The van der Waals surface area contributed by atoms with Crippen LogP contribution in [-0.2, 0) is 0 Å². The topological polar surface area (TPSA) is 68.9 Å². The minimum absolute atomic E-state index is 0.139. The molecule has 0 atom stereocenters. The molecule has 8 heteroatoms. The van der Waals surface area contributed by atoms with Crippen LogP contribution in [0.1, 0.15) is 5.56 Å². The van der Waals surface area contributed by atoms with E-state index in [9.17, 15) is 18.9 Å². The number of nitro groups is 1. The van der Waals surface area contributed by atoms with Gasteiger partial charge in [0.05, 0.1) is 10.5 Å². The molecule has 0 fully saturated rings. The van der Waals surface area contributed by atoms with Crippen molar-refractivity contribution in [2.45, 2.75) is 6.92 Å². The number of nitrogens with zero attached hydrogens (tertiary/aromatic N) is 3.